The van der Waals surface area contributed by atoms with Crippen LogP contribution in [0.4, 0.5) is 0 Å². The summed E-state index contributed by atoms with van der Waals surface area (Å²) >= 11 is 3.93. The van der Waals surface area contributed by atoms with E-state index >= 15 is 0 Å². The molecule has 4 heteroatoms. The molecule has 0 aliphatic rings. The fourth-order valence-corrected chi connectivity index (χ4v) is 0.586. The second kappa shape index (κ2) is 6.53. The summed E-state index contributed by atoms with van der Waals surface area (Å²) in [5, 5.41) is 0. The Morgan fingerprint density at radius 2 is 2.22 bits per heavy atom. The molecule has 0 spiro atoms. The molecule has 1 unspecified atom stereocenters. The first-order chi connectivity index (χ1) is 4.27. The summed E-state index contributed by atoms with van der Waals surface area (Å²) in [5.74, 6) is 0.713. The monoisotopic (exact) mass is 166 g/mol. The van der Waals surface area contributed by atoms with Crippen LogP contribution in [0.5, 0.6) is 0 Å². The second-order valence-corrected chi connectivity index (χ2v) is 2.64. The minimum Gasteiger partial charge on any atom is -0.380 e. The first-order valence-corrected chi connectivity index (χ1v) is 3.95. The largest absolute Gasteiger partial charge is 0.380 e. The zero-order valence-electron chi connectivity index (χ0n) is 5.17. The highest BCUT2D eigenvalue weighted by Crippen LogP contribution is 1.92. The van der Waals surface area contributed by atoms with E-state index in [1.54, 1.807) is 0 Å². The Labute approximate surface area is 63.0 Å². The molecular formula is C5H11O2PS. The topological polar surface area (TPSA) is 26.3 Å². The molecule has 0 saturated heterocycles. The fourth-order valence-electron chi connectivity index (χ4n) is 0.339. The van der Waals surface area contributed by atoms with Crippen molar-refractivity contribution in [2.75, 3.05) is 19.0 Å². The van der Waals surface area contributed by atoms with Crippen LogP contribution in [0.15, 0.2) is 0 Å². The lowest BCUT2D eigenvalue weighted by molar-refractivity contribution is -0.112. The molecule has 9 heavy (non-hydrogen) atoms. The number of hydrogen-bond acceptors (Lipinski definition) is 3. The first kappa shape index (κ1) is 9.41. The van der Waals surface area contributed by atoms with Crippen LogP contribution in [0, 0.1) is 0 Å². The van der Waals surface area contributed by atoms with Gasteiger partial charge in [0.05, 0.1) is 13.2 Å². The van der Waals surface area contributed by atoms with E-state index in [-0.39, 0.29) is 5.52 Å². The van der Waals surface area contributed by atoms with E-state index in [0.29, 0.717) is 25.4 Å². The van der Waals surface area contributed by atoms with Crippen LogP contribution in [-0.2, 0) is 9.53 Å². The highest BCUT2D eigenvalue weighted by Gasteiger charge is 1.91. The van der Waals surface area contributed by atoms with Crippen LogP contribution >= 0.6 is 21.9 Å². The van der Waals surface area contributed by atoms with Gasteiger partial charge in [-0.05, 0) is 0 Å². The van der Waals surface area contributed by atoms with Crippen molar-refractivity contribution >= 4 is 27.4 Å². The quantitative estimate of drug-likeness (QED) is 0.370. The fraction of sp³-hybridized carbons (Fsp3) is 0.800. The summed E-state index contributed by atoms with van der Waals surface area (Å²) in [4.78, 5) is 10.3. The predicted molar refractivity (Wildman–Crippen MR) is 44.0 cm³/mol. The molecule has 0 heterocycles. The van der Waals surface area contributed by atoms with Gasteiger partial charge < -0.3 is 4.74 Å². The van der Waals surface area contributed by atoms with Gasteiger partial charge in [0.1, 0.15) is 0 Å². The van der Waals surface area contributed by atoms with Crippen molar-refractivity contribution in [1.82, 2.24) is 0 Å². The van der Waals surface area contributed by atoms with Crippen LogP contribution in [0.1, 0.15) is 6.42 Å². The Morgan fingerprint density at radius 1 is 1.56 bits per heavy atom. The van der Waals surface area contributed by atoms with Gasteiger partial charge >= 0.3 is 0 Å². The summed E-state index contributed by atoms with van der Waals surface area (Å²) in [6.07, 6.45) is 0.485. The van der Waals surface area contributed by atoms with E-state index in [9.17, 15) is 4.79 Å². The maximum Gasteiger partial charge on any atom is 0.150 e. The van der Waals surface area contributed by atoms with Crippen molar-refractivity contribution in [3.63, 3.8) is 0 Å². The van der Waals surface area contributed by atoms with Gasteiger partial charge in [-0.2, -0.15) is 12.6 Å². The average Bonchev–Trinajstić information content (AvgIpc) is 1.80. The van der Waals surface area contributed by atoms with Gasteiger partial charge in [-0.15, -0.1) is 0 Å². The Hall–Kier alpha value is 0.410. The van der Waals surface area contributed by atoms with Crippen LogP contribution in [0.25, 0.3) is 0 Å². The third kappa shape index (κ3) is 8.41. The normalized spacial score (nSPS) is 9.56. The third-order valence-electron chi connectivity index (χ3n) is 0.728. The number of thiol groups is 1. The van der Waals surface area contributed by atoms with Crippen molar-refractivity contribution in [3.05, 3.63) is 0 Å². The summed E-state index contributed by atoms with van der Waals surface area (Å²) in [7, 11) is 2.11. The number of hydrogen-bond donors (Lipinski definition) is 1. The molecule has 54 valence electrons. The molecule has 0 aromatic rings. The zero-order chi connectivity index (χ0) is 7.11. The highest BCUT2D eigenvalue weighted by molar-refractivity contribution is 7.80. The van der Waals surface area contributed by atoms with Gasteiger partial charge in [0.25, 0.3) is 0 Å². The molecule has 0 bridgehead atoms. The predicted octanol–water partition coefficient (Wildman–Crippen LogP) is 0.725. The van der Waals surface area contributed by atoms with Crippen LogP contribution in [0.2, 0.25) is 0 Å². The van der Waals surface area contributed by atoms with Gasteiger partial charge in [0.2, 0.25) is 0 Å². The molecule has 0 saturated carbocycles. The SMILES string of the molecule is O=C(P)CCOCCS. The second-order valence-electron chi connectivity index (χ2n) is 1.55. The van der Waals surface area contributed by atoms with Crippen molar-refractivity contribution in [1.29, 1.82) is 0 Å². The summed E-state index contributed by atoms with van der Waals surface area (Å²) in [5.41, 5.74) is 0.0918. The summed E-state index contributed by atoms with van der Waals surface area (Å²) < 4.78 is 4.98. The Balaban J connectivity index is 2.83. The molecule has 1 atom stereocenters. The molecule has 0 amide bonds. The molecule has 2 nitrogen and oxygen atoms in total. The van der Waals surface area contributed by atoms with E-state index in [0.717, 1.165) is 0 Å². The van der Waals surface area contributed by atoms with Gasteiger partial charge in [0, 0.05) is 12.2 Å². The third-order valence-corrected chi connectivity index (χ3v) is 1.20. The Kier molecular flexibility index (Phi) is 6.83. The molecule has 0 aliphatic heterocycles. The summed E-state index contributed by atoms with van der Waals surface area (Å²) in [6, 6.07) is 0. The van der Waals surface area contributed by atoms with E-state index in [4.69, 9.17) is 4.74 Å². The minimum atomic E-state index is 0.0918. The molecule has 0 aromatic carbocycles. The lowest BCUT2D eigenvalue weighted by Crippen LogP contribution is -2.00. The lowest BCUT2D eigenvalue weighted by atomic mass is 10.5. The minimum absolute atomic E-state index is 0.0918. The molecule has 0 aromatic heterocycles. The number of carbonyl (C=O) groups excluding carboxylic acids is 1. The number of rotatable bonds is 5. The standard InChI is InChI=1S/C5H11O2PS/c6-5(8)1-2-7-3-4-9/h9H,1-4,8H2. The van der Waals surface area contributed by atoms with E-state index in [1.165, 1.54) is 0 Å². The average molecular weight is 166 g/mol. The summed E-state index contributed by atoms with van der Waals surface area (Å²) in [6.45, 7) is 1.14. The molecule has 0 radical (unpaired) electrons. The van der Waals surface area contributed by atoms with Gasteiger partial charge in [-0.1, -0.05) is 9.24 Å². The van der Waals surface area contributed by atoms with E-state index in [2.05, 4.69) is 21.9 Å². The maximum absolute atomic E-state index is 10.3. The van der Waals surface area contributed by atoms with Crippen molar-refractivity contribution < 1.29 is 9.53 Å². The lowest BCUT2D eigenvalue weighted by Gasteiger charge is -1.97. The molecule has 0 aliphatic carbocycles. The Bertz CT molecular complexity index is 87.0. The smallest absolute Gasteiger partial charge is 0.150 e. The zero-order valence-corrected chi connectivity index (χ0v) is 7.22. The molecular weight excluding hydrogens is 155 g/mol. The van der Waals surface area contributed by atoms with Crippen molar-refractivity contribution in [2.24, 2.45) is 0 Å². The van der Waals surface area contributed by atoms with Crippen molar-refractivity contribution in [2.45, 2.75) is 6.42 Å². The molecule has 0 rings (SSSR count). The van der Waals surface area contributed by atoms with Crippen molar-refractivity contribution in [3.8, 4) is 0 Å². The molecule has 0 fully saturated rings. The maximum atomic E-state index is 10.3. The van der Waals surface area contributed by atoms with Gasteiger partial charge in [-0.3, -0.25) is 4.79 Å². The van der Waals surface area contributed by atoms with Gasteiger partial charge in [-0.25, -0.2) is 0 Å². The number of carbonyl (C=O) groups is 1. The number of ether oxygens (including phenoxy) is 1. The van der Waals surface area contributed by atoms with Crippen LogP contribution in [-0.4, -0.2) is 24.5 Å². The van der Waals surface area contributed by atoms with Gasteiger partial charge in [0.15, 0.2) is 5.52 Å². The van der Waals surface area contributed by atoms with E-state index in [1.807, 2.05) is 0 Å². The van der Waals surface area contributed by atoms with Crippen LogP contribution < -0.4 is 0 Å². The molecule has 0 N–H and O–H groups in total. The van der Waals surface area contributed by atoms with Crippen LogP contribution in [0.3, 0.4) is 0 Å². The first-order valence-electron chi connectivity index (χ1n) is 2.74. The highest BCUT2D eigenvalue weighted by atomic mass is 32.1. The Morgan fingerprint density at radius 3 is 2.67 bits per heavy atom. The van der Waals surface area contributed by atoms with E-state index < -0.39 is 0 Å².